The highest BCUT2D eigenvalue weighted by Crippen LogP contribution is 2.29. The lowest BCUT2D eigenvalue weighted by atomic mass is 9.99. The molecule has 1 aliphatic rings. The Hall–Kier alpha value is -3.28. The third-order valence-corrected chi connectivity index (χ3v) is 6.02. The maximum Gasteiger partial charge on any atom is 0.259 e. The molecule has 1 fully saturated rings. The quantitative estimate of drug-likeness (QED) is 0.627. The Labute approximate surface area is 183 Å². The fourth-order valence-corrected chi connectivity index (χ4v) is 4.04. The van der Waals surface area contributed by atoms with Gasteiger partial charge < -0.3 is 19.7 Å². The molecule has 1 saturated heterocycles. The standard InChI is InChI=1S/C25H29N3O3/c1-16-9-11-28(12-10-16)24-13-17(2)21-14-18(5-8-22(21)27-24)26-25(29)20-7-6-19(30-3)15-23(20)31-4/h5-8,13-16H,9-12H2,1-4H3,(H,26,29). The van der Waals surface area contributed by atoms with E-state index in [-0.39, 0.29) is 5.91 Å². The van der Waals surface area contributed by atoms with Crippen molar-refractivity contribution in [2.75, 3.05) is 37.5 Å². The molecule has 0 saturated carbocycles. The molecule has 1 N–H and O–H groups in total. The van der Waals surface area contributed by atoms with Crippen LogP contribution in [0.3, 0.4) is 0 Å². The van der Waals surface area contributed by atoms with Gasteiger partial charge in [-0.3, -0.25) is 4.79 Å². The molecule has 0 radical (unpaired) electrons. The molecular weight excluding hydrogens is 390 g/mol. The second-order valence-corrected chi connectivity index (χ2v) is 8.22. The zero-order valence-corrected chi connectivity index (χ0v) is 18.6. The van der Waals surface area contributed by atoms with Gasteiger partial charge in [-0.15, -0.1) is 0 Å². The second-order valence-electron chi connectivity index (χ2n) is 8.22. The van der Waals surface area contributed by atoms with Crippen molar-refractivity contribution < 1.29 is 14.3 Å². The molecule has 162 valence electrons. The van der Waals surface area contributed by atoms with Crippen molar-refractivity contribution >= 4 is 28.3 Å². The number of nitrogens with zero attached hydrogens (tertiary/aromatic N) is 2. The van der Waals surface area contributed by atoms with Gasteiger partial charge in [0.05, 0.1) is 25.3 Å². The molecule has 0 aliphatic carbocycles. The van der Waals surface area contributed by atoms with Crippen molar-refractivity contribution in [1.29, 1.82) is 0 Å². The van der Waals surface area contributed by atoms with E-state index >= 15 is 0 Å². The van der Waals surface area contributed by atoms with Gasteiger partial charge in [-0.25, -0.2) is 4.98 Å². The average Bonchev–Trinajstić information content (AvgIpc) is 2.79. The highest BCUT2D eigenvalue weighted by Gasteiger charge is 2.18. The molecule has 0 unspecified atom stereocenters. The Morgan fingerprint density at radius 2 is 1.84 bits per heavy atom. The molecule has 3 aromatic rings. The number of fused-ring (bicyclic) bond motifs is 1. The summed E-state index contributed by atoms with van der Waals surface area (Å²) in [4.78, 5) is 20.1. The lowest BCUT2D eigenvalue weighted by molar-refractivity contribution is 0.102. The van der Waals surface area contributed by atoms with E-state index < -0.39 is 0 Å². The Kier molecular flexibility index (Phi) is 5.98. The van der Waals surface area contributed by atoms with Crippen LogP contribution in [0.1, 0.15) is 35.7 Å². The van der Waals surface area contributed by atoms with Gasteiger partial charge in [0.25, 0.3) is 5.91 Å². The summed E-state index contributed by atoms with van der Waals surface area (Å²) in [5.41, 5.74) is 3.26. The predicted molar refractivity (Wildman–Crippen MR) is 125 cm³/mol. The Balaban J connectivity index is 1.57. The molecule has 31 heavy (non-hydrogen) atoms. The van der Waals surface area contributed by atoms with Crippen LogP contribution in [0.5, 0.6) is 11.5 Å². The van der Waals surface area contributed by atoms with Gasteiger partial charge >= 0.3 is 0 Å². The summed E-state index contributed by atoms with van der Waals surface area (Å²) in [6.07, 6.45) is 2.41. The van der Waals surface area contributed by atoms with Crippen LogP contribution in [0.15, 0.2) is 42.5 Å². The lowest BCUT2D eigenvalue weighted by Gasteiger charge is -2.31. The summed E-state index contributed by atoms with van der Waals surface area (Å²) in [5.74, 6) is 2.70. The van der Waals surface area contributed by atoms with E-state index in [1.54, 1.807) is 25.3 Å². The molecule has 4 rings (SSSR count). The summed E-state index contributed by atoms with van der Waals surface area (Å²) in [7, 11) is 3.12. The van der Waals surface area contributed by atoms with E-state index in [0.717, 1.165) is 47.0 Å². The maximum absolute atomic E-state index is 12.8. The van der Waals surface area contributed by atoms with Crippen LogP contribution in [-0.2, 0) is 0 Å². The van der Waals surface area contributed by atoms with E-state index in [0.29, 0.717) is 17.1 Å². The SMILES string of the molecule is COc1ccc(C(=O)Nc2ccc3nc(N4CCC(C)CC4)cc(C)c3c2)c(OC)c1. The normalized spacial score (nSPS) is 14.5. The monoisotopic (exact) mass is 419 g/mol. The van der Waals surface area contributed by atoms with E-state index in [1.807, 2.05) is 18.2 Å². The number of benzene rings is 2. The van der Waals surface area contributed by atoms with Crippen LogP contribution in [0.25, 0.3) is 10.9 Å². The molecule has 0 atom stereocenters. The van der Waals surface area contributed by atoms with Crippen LogP contribution in [0.4, 0.5) is 11.5 Å². The number of hydrogen-bond donors (Lipinski definition) is 1. The first-order valence-corrected chi connectivity index (χ1v) is 10.7. The number of amides is 1. The first kappa shape index (κ1) is 21.0. The van der Waals surface area contributed by atoms with Crippen molar-refractivity contribution in [3.05, 3.63) is 53.6 Å². The molecule has 2 heterocycles. The average molecular weight is 420 g/mol. The summed E-state index contributed by atoms with van der Waals surface area (Å²) >= 11 is 0. The number of aromatic nitrogens is 1. The minimum absolute atomic E-state index is 0.233. The zero-order chi connectivity index (χ0) is 22.0. The molecule has 6 nitrogen and oxygen atoms in total. The Bertz CT molecular complexity index is 1100. The van der Waals surface area contributed by atoms with Crippen molar-refractivity contribution in [3.63, 3.8) is 0 Å². The number of ether oxygens (including phenoxy) is 2. The minimum atomic E-state index is -0.233. The largest absolute Gasteiger partial charge is 0.497 e. The Morgan fingerprint density at radius 3 is 2.55 bits per heavy atom. The molecule has 1 aliphatic heterocycles. The number of methoxy groups -OCH3 is 2. The van der Waals surface area contributed by atoms with E-state index in [2.05, 4.69) is 30.1 Å². The summed E-state index contributed by atoms with van der Waals surface area (Å²) in [6.45, 7) is 6.51. The van der Waals surface area contributed by atoms with Gasteiger partial charge in [0.1, 0.15) is 17.3 Å². The van der Waals surface area contributed by atoms with E-state index in [9.17, 15) is 4.79 Å². The second kappa shape index (κ2) is 8.84. The van der Waals surface area contributed by atoms with E-state index in [4.69, 9.17) is 14.5 Å². The van der Waals surface area contributed by atoms with Gasteiger partial charge in [0, 0.05) is 30.2 Å². The summed E-state index contributed by atoms with van der Waals surface area (Å²) in [6, 6.07) is 13.1. The smallest absolute Gasteiger partial charge is 0.259 e. The van der Waals surface area contributed by atoms with Crippen LogP contribution in [0.2, 0.25) is 0 Å². The number of nitrogens with one attached hydrogen (secondary N) is 1. The van der Waals surface area contributed by atoms with Gasteiger partial charge in [0.15, 0.2) is 0 Å². The van der Waals surface area contributed by atoms with Gasteiger partial charge in [-0.1, -0.05) is 6.92 Å². The molecule has 1 aromatic heterocycles. The summed E-state index contributed by atoms with van der Waals surface area (Å²) < 4.78 is 10.6. The van der Waals surface area contributed by atoms with Crippen LogP contribution >= 0.6 is 0 Å². The number of anilines is 2. The first-order chi connectivity index (χ1) is 15.0. The fraction of sp³-hybridized carbons (Fsp3) is 0.360. The Morgan fingerprint density at radius 1 is 1.06 bits per heavy atom. The van der Waals surface area contributed by atoms with Crippen molar-refractivity contribution in [2.45, 2.75) is 26.7 Å². The van der Waals surface area contributed by atoms with Crippen LogP contribution in [0, 0.1) is 12.8 Å². The molecule has 0 spiro atoms. The number of aryl methyl sites for hydroxylation is 1. The van der Waals surface area contributed by atoms with Crippen molar-refractivity contribution in [1.82, 2.24) is 4.98 Å². The van der Waals surface area contributed by atoms with Gasteiger partial charge in [-0.2, -0.15) is 0 Å². The molecule has 6 heteroatoms. The maximum atomic E-state index is 12.8. The highest BCUT2D eigenvalue weighted by atomic mass is 16.5. The third kappa shape index (κ3) is 4.43. The fourth-order valence-electron chi connectivity index (χ4n) is 4.04. The molecule has 0 bridgehead atoms. The van der Waals surface area contributed by atoms with Crippen molar-refractivity contribution in [2.24, 2.45) is 5.92 Å². The third-order valence-electron chi connectivity index (χ3n) is 6.02. The zero-order valence-electron chi connectivity index (χ0n) is 18.6. The van der Waals surface area contributed by atoms with E-state index in [1.165, 1.54) is 20.0 Å². The number of piperidine rings is 1. The number of carbonyl (C=O) groups excluding carboxylic acids is 1. The molecule has 2 aromatic carbocycles. The molecule has 1 amide bonds. The number of hydrogen-bond acceptors (Lipinski definition) is 5. The van der Waals surface area contributed by atoms with Gasteiger partial charge in [0.2, 0.25) is 0 Å². The lowest BCUT2D eigenvalue weighted by Crippen LogP contribution is -2.33. The van der Waals surface area contributed by atoms with Crippen molar-refractivity contribution in [3.8, 4) is 11.5 Å². The van der Waals surface area contributed by atoms with Gasteiger partial charge in [-0.05, 0) is 67.6 Å². The molecular formula is C25H29N3O3. The number of pyridine rings is 1. The summed E-state index contributed by atoms with van der Waals surface area (Å²) in [5, 5.41) is 4.01. The first-order valence-electron chi connectivity index (χ1n) is 10.7. The highest BCUT2D eigenvalue weighted by molar-refractivity contribution is 6.07. The van der Waals surface area contributed by atoms with Crippen LogP contribution < -0.4 is 19.7 Å². The number of rotatable bonds is 5. The topological polar surface area (TPSA) is 63.7 Å². The number of carbonyl (C=O) groups is 1. The minimum Gasteiger partial charge on any atom is -0.497 e. The van der Waals surface area contributed by atoms with Crippen LogP contribution in [-0.4, -0.2) is 38.2 Å². The predicted octanol–water partition coefficient (Wildman–Crippen LogP) is 5.05.